The van der Waals surface area contributed by atoms with Gasteiger partial charge in [0.15, 0.2) is 0 Å². The molecule has 2 rings (SSSR count). The number of benzene rings is 1. The first-order chi connectivity index (χ1) is 8.90. The smallest absolute Gasteiger partial charge is 0.124 e. The summed E-state index contributed by atoms with van der Waals surface area (Å²) >= 11 is 0. The van der Waals surface area contributed by atoms with Gasteiger partial charge in [-0.2, -0.15) is 0 Å². The van der Waals surface area contributed by atoms with Gasteiger partial charge in [0.2, 0.25) is 0 Å². The summed E-state index contributed by atoms with van der Waals surface area (Å²) in [5, 5.41) is 3.31. The van der Waals surface area contributed by atoms with Gasteiger partial charge in [0.05, 0.1) is 0 Å². The molecule has 92 valence electrons. The van der Waals surface area contributed by atoms with Crippen LogP contribution in [0.5, 0.6) is 5.75 Å². The van der Waals surface area contributed by atoms with Crippen molar-refractivity contribution in [3.63, 3.8) is 0 Å². The summed E-state index contributed by atoms with van der Waals surface area (Å²) in [7, 11) is 0. The number of allylic oxidation sites excluding steroid dienone is 3. The average Bonchev–Trinajstić information content (AvgIpc) is 2.45. The minimum Gasteiger partial charge on any atom is -0.489 e. The molecule has 1 aromatic rings. The second kappa shape index (κ2) is 7.02. The highest BCUT2D eigenvalue weighted by Crippen LogP contribution is 2.19. The molecule has 2 nitrogen and oxygen atoms in total. The first kappa shape index (κ1) is 12.9. The fourth-order valence-corrected chi connectivity index (χ4v) is 1.68. The molecule has 1 aromatic carbocycles. The number of hydrogen-bond donors (Lipinski definition) is 1. The van der Waals surface area contributed by atoms with E-state index in [1.54, 1.807) is 0 Å². The topological polar surface area (TPSA) is 21.3 Å². The predicted molar refractivity (Wildman–Crippen MR) is 73.0 cm³/mol. The molecule has 2 heteroatoms. The van der Waals surface area contributed by atoms with Crippen molar-refractivity contribution in [2.75, 3.05) is 13.2 Å². The molecule has 18 heavy (non-hydrogen) atoms. The molecule has 0 saturated carbocycles. The summed E-state index contributed by atoms with van der Waals surface area (Å²) in [6, 6.07) is 8.10. The van der Waals surface area contributed by atoms with Crippen molar-refractivity contribution in [1.29, 1.82) is 0 Å². The molecule has 0 spiro atoms. The third-order valence-electron chi connectivity index (χ3n) is 2.63. The first-order valence-electron chi connectivity index (χ1n) is 6.19. The SMILES string of the molecule is CCNCc1ccccc1OCC1=CC=C[C][C]1. The normalized spacial score (nSPS) is 14.4. The number of rotatable bonds is 6. The van der Waals surface area contributed by atoms with Gasteiger partial charge in [-0.25, -0.2) is 0 Å². The molecule has 0 saturated heterocycles. The van der Waals surface area contributed by atoms with Crippen molar-refractivity contribution in [1.82, 2.24) is 5.32 Å². The van der Waals surface area contributed by atoms with Gasteiger partial charge in [-0.05, 0) is 18.2 Å². The Morgan fingerprint density at radius 1 is 1.28 bits per heavy atom. The summed E-state index contributed by atoms with van der Waals surface area (Å²) in [5.41, 5.74) is 2.19. The molecule has 0 aliphatic heterocycles. The maximum Gasteiger partial charge on any atom is 0.124 e. The lowest BCUT2D eigenvalue weighted by Crippen LogP contribution is -2.13. The molecule has 0 unspecified atom stereocenters. The monoisotopic (exact) mass is 239 g/mol. The van der Waals surface area contributed by atoms with Gasteiger partial charge in [-0.1, -0.05) is 43.4 Å². The van der Waals surface area contributed by atoms with Crippen LogP contribution < -0.4 is 10.1 Å². The molecule has 4 radical (unpaired) electrons. The van der Waals surface area contributed by atoms with E-state index in [4.69, 9.17) is 4.74 Å². The summed E-state index contributed by atoms with van der Waals surface area (Å²) in [5.74, 6) is 0.927. The van der Waals surface area contributed by atoms with Gasteiger partial charge in [-0.3, -0.25) is 0 Å². The van der Waals surface area contributed by atoms with Crippen LogP contribution in [0.4, 0.5) is 0 Å². The molecule has 1 aliphatic rings. The van der Waals surface area contributed by atoms with E-state index in [-0.39, 0.29) is 0 Å². The van der Waals surface area contributed by atoms with Crippen molar-refractivity contribution in [2.45, 2.75) is 13.5 Å². The van der Waals surface area contributed by atoms with Crippen LogP contribution >= 0.6 is 0 Å². The molecule has 0 bridgehead atoms. The van der Waals surface area contributed by atoms with E-state index in [9.17, 15) is 0 Å². The Labute approximate surface area is 109 Å². The molecule has 0 atom stereocenters. The van der Waals surface area contributed by atoms with E-state index in [0.29, 0.717) is 6.61 Å². The van der Waals surface area contributed by atoms with Crippen molar-refractivity contribution in [3.8, 4) is 5.75 Å². The van der Waals surface area contributed by atoms with Crippen LogP contribution in [0.25, 0.3) is 0 Å². The zero-order valence-electron chi connectivity index (χ0n) is 10.6. The van der Waals surface area contributed by atoms with Gasteiger partial charge >= 0.3 is 0 Å². The van der Waals surface area contributed by atoms with Crippen molar-refractivity contribution in [3.05, 3.63) is 66.5 Å². The van der Waals surface area contributed by atoms with Crippen molar-refractivity contribution < 1.29 is 4.74 Å². The summed E-state index contributed by atoms with van der Waals surface area (Å²) in [6.45, 7) is 4.41. The Bertz CT molecular complexity index is 434. The fourth-order valence-electron chi connectivity index (χ4n) is 1.68. The Morgan fingerprint density at radius 3 is 2.94 bits per heavy atom. The molecule has 0 amide bonds. The minimum atomic E-state index is 0.528. The number of nitrogens with one attached hydrogen (secondary N) is 1. The van der Waals surface area contributed by atoms with Crippen molar-refractivity contribution >= 4 is 0 Å². The van der Waals surface area contributed by atoms with E-state index < -0.39 is 0 Å². The second-order valence-electron chi connectivity index (χ2n) is 4.00. The minimum absolute atomic E-state index is 0.528. The van der Waals surface area contributed by atoms with Gasteiger partial charge < -0.3 is 10.1 Å². The number of ether oxygens (including phenoxy) is 1. The van der Waals surface area contributed by atoms with E-state index in [1.807, 2.05) is 36.4 Å². The molecular weight excluding hydrogens is 222 g/mol. The average molecular weight is 239 g/mol. The van der Waals surface area contributed by atoms with Crippen LogP contribution in [0.2, 0.25) is 0 Å². The number of hydrogen-bond acceptors (Lipinski definition) is 2. The highest BCUT2D eigenvalue weighted by molar-refractivity contribution is 5.36. The first-order valence-corrected chi connectivity index (χ1v) is 6.19. The van der Waals surface area contributed by atoms with Crippen LogP contribution in [0.15, 0.2) is 48.1 Å². The summed E-state index contributed by atoms with van der Waals surface area (Å²) in [4.78, 5) is 0. The fraction of sp³-hybridized carbons (Fsp3) is 0.250. The zero-order chi connectivity index (χ0) is 12.6. The van der Waals surface area contributed by atoms with Gasteiger partial charge in [0.25, 0.3) is 0 Å². The van der Waals surface area contributed by atoms with Crippen molar-refractivity contribution in [2.24, 2.45) is 0 Å². The Balaban J connectivity index is 1.95. The predicted octanol–water partition coefficient (Wildman–Crippen LogP) is 2.83. The quantitative estimate of drug-likeness (QED) is 0.824. The molecule has 1 aliphatic carbocycles. The van der Waals surface area contributed by atoms with E-state index in [0.717, 1.165) is 24.4 Å². The largest absolute Gasteiger partial charge is 0.489 e. The molecule has 0 aromatic heterocycles. The zero-order valence-corrected chi connectivity index (χ0v) is 10.6. The van der Waals surface area contributed by atoms with Crippen LogP contribution in [0, 0.1) is 12.8 Å². The Kier molecular flexibility index (Phi) is 5.03. The van der Waals surface area contributed by atoms with E-state index in [1.165, 1.54) is 5.56 Å². The lowest BCUT2D eigenvalue weighted by atomic mass is 10.1. The van der Waals surface area contributed by atoms with Gasteiger partial charge in [0.1, 0.15) is 12.4 Å². The van der Waals surface area contributed by atoms with Gasteiger partial charge in [-0.15, -0.1) is 0 Å². The van der Waals surface area contributed by atoms with Crippen LogP contribution in [-0.4, -0.2) is 13.2 Å². The van der Waals surface area contributed by atoms with E-state index in [2.05, 4.69) is 31.1 Å². The van der Waals surface area contributed by atoms with Crippen LogP contribution in [0.3, 0.4) is 0 Å². The Hall–Kier alpha value is -1.54. The summed E-state index contributed by atoms with van der Waals surface area (Å²) < 4.78 is 5.83. The molecular formula is C16H17NO. The maximum absolute atomic E-state index is 5.83. The third-order valence-corrected chi connectivity index (χ3v) is 2.63. The maximum atomic E-state index is 5.83. The lowest BCUT2D eigenvalue weighted by molar-refractivity contribution is 0.349. The highest BCUT2D eigenvalue weighted by Gasteiger charge is 2.05. The Morgan fingerprint density at radius 2 is 2.17 bits per heavy atom. The lowest BCUT2D eigenvalue weighted by Gasteiger charge is -2.13. The molecule has 1 N–H and O–H groups in total. The second-order valence-corrected chi connectivity index (χ2v) is 4.00. The van der Waals surface area contributed by atoms with Crippen LogP contribution in [0.1, 0.15) is 12.5 Å². The van der Waals surface area contributed by atoms with Crippen LogP contribution in [-0.2, 0) is 6.54 Å². The van der Waals surface area contributed by atoms with E-state index >= 15 is 0 Å². The highest BCUT2D eigenvalue weighted by atomic mass is 16.5. The third kappa shape index (κ3) is 3.74. The molecule has 0 heterocycles. The number of para-hydroxylation sites is 1. The standard InChI is InChI=1S/C16H17NO/c1-2-17-12-15-10-6-7-11-16(15)18-13-14-8-4-3-5-9-14/h3-4,6-8,10-11,17H,2,12-13H2,1H3. The van der Waals surface area contributed by atoms with Gasteiger partial charge in [0, 0.05) is 24.9 Å². The molecule has 0 fully saturated rings. The summed E-state index contributed by atoms with van der Waals surface area (Å²) in [6.07, 6.45) is 11.7.